The number of carbonyl (C=O) groups excluding carboxylic acids is 3. The van der Waals surface area contributed by atoms with E-state index in [0.29, 0.717) is 0 Å². The van der Waals surface area contributed by atoms with E-state index in [2.05, 4.69) is 6.58 Å². The third-order valence-corrected chi connectivity index (χ3v) is 6.90. The van der Waals surface area contributed by atoms with Gasteiger partial charge < -0.3 is 28.4 Å². The molecule has 3 aromatic carbocycles. The quantitative estimate of drug-likeness (QED) is 0.0654. The van der Waals surface area contributed by atoms with E-state index in [-0.39, 0.29) is 23.3 Å². The Kier molecular flexibility index (Phi) is 12.0. The molecule has 1 aliphatic heterocycles. The standard InChI is InChI=1S/C32H28Cl3NO9/c1-2-18-40-25-24(43-28(38)21-14-8-4-9-15-21)23(19-41-27(37)20-12-6-3-7-13-20)42-30(45-31(36)32(33,34)35)26(25)44-29(39)22-16-10-5-11-17-22/h2-17,23-26,30,36H,1,18-19H2/t23-,24+,25+,26-,30?/m1/s1. The number of rotatable bonds is 11. The first-order valence-electron chi connectivity index (χ1n) is 13.5. The second-order valence-electron chi connectivity index (χ2n) is 9.51. The van der Waals surface area contributed by atoms with Crippen molar-refractivity contribution in [1.29, 1.82) is 5.41 Å². The molecule has 0 spiro atoms. The van der Waals surface area contributed by atoms with Crippen molar-refractivity contribution in [1.82, 2.24) is 0 Å². The second kappa shape index (κ2) is 15.9. The van der Waals surface area contributed by atoms with Gasteiger partial charge in [0.15, 0.2) is 12.2 Å². The Morgan fingerprint density at radius 3 is 1.67 bits per heavy atom. The highest BCUT2D eigenvalue weighted by molar-refractivity contribution is 6.76. The summed E-state index contributed by atoms with van der Waals surface area (Å²) in [6.07, 6.45) is -5.67. The van der Waals surface area contributed by atoms with Gasteiger partial charge in [-0.05, 0) is 36.4 Å². The Hall–Kier alpha value is -3.93. The Bertz CT molecular complexity index is 1470. The first kappa shape index (κ1) is 34.0. The number of carbonyl (C=O) groups is 3. The van der Waals surface area contributed by atoms with Gasteiger partial charge in [-0.25, -0.2) is 14.4 Å². The molecule has 0 radical (unpaired) electrons. The number of esters is 3. The molecule has 1 heterocycles. The number of halogens is 3. The van der Waals surface area contributed by atoms with E-state index in [0.717, 1.165) is 0 Å². The van der Waals surface area contributed by atoms with Gasteiger partial charge >= 0.3 is 17.9 Å². The van der Waals surface area contributed by atoms with Crippen molar-refractivity contribution in [3.8, 4) is 0 Å². The van der Waals surface area contributed by atoms with E-state index in [1.165, 1.54) is 30.3 Å². The van der Waals surface area contributed by atoms with Gasteiger partial charge in [0.25, 0.3) is 3.79 Å². The van der Waals surface area contributed by atoms with Crippen LogP contribution in [0.25, 0.3) is 0 Å². The average Bonchev–Trinajstić information content (AvgIpc) is 3.05. The lowest BCUT2D eigenvalue weighted by molar-refractivity contribution is -0.286. The highest BCUT2D eigenvalue weighted by Crippen LogP contribution is 2.34. The molecule has 1 fully saturated rings. The number of alkyl halides is 3. The highest BCUT2D eigenvalue weighted by Gasteiger charge is 2.53. The monoisotopic (exact) mass is 675 g/mol. The molecular weight excluding hydrogens is 649 g/mol. The minimum absolute atomic E-state index is 0.103. The van der Waals surface area contributed by atoms with Crippen LogP contribution in [0.3, 0.4) is 0 Å². The van der Waals surface area contributed by atoms with Gasteiger partial charge in [-0.1, -0.05) is 95.5 Å². The maximum absolute atomic E-state index is 13.3. The summed E-state index contributed by atoms with van der Waals surface area (Å²) in [5.41, 5.74) is 0.632. The van der Waals surface area contributed by atoms with Crippen LogP contribution in [0.5, 0.6) is 0 Å². The molecule has 1 aliphatic rings. The van der Waals surface area contributed by atoms with E-state index in [9.17, 15) is 14.4 Å². The van der Waals surface area contributed by atoms with Crippen LogP contribution in [-0.2, 0) is 28.4 Å². The van der Waals surface area contributed by atoms with Crippen LogP contribution >= 0.6 is 34.8 Å². The first-order valence-corrected chi connectivity index (χ1v) is 14.7. The molecule has 4 rings (SSSR count). The fourth-order valence-electron chi connectivity index (χ4n) is 4.27. The molecule has 10 nitrogen and oxygen atoms in total. The molecule has 236 valence electrons. The third kappa shape index (κ3) is 9.29. The molecule has 5 atom stereocenters. The number of benzene rings is 3. The summed E-state index contributed by atoms with van der Waals surface area (Å²) in [7, 11) is 0. The molecule has 0 bridgehead atoms. The zero-order valence-corrected chi connectivity index (χ0v) is 25.8. The molecule has 13 heteroatoms. The van der Waals surface area contributed by atoms with Crippen LogP contribution in [0, 0.1) is 5.41 Å². The summed E-state index contributed by atoms with van der Waals surface area (Å²) >= 11 is 17.6. The van der Waals surface area contributed by atoms with Crippen LogP contribution < -0.4 is 0 Å². The van der Waals surface area contributed by atoms with Crippen LogP contribution in [-0.4, -0.2) is 71.5 Å². The lowest BCUT2D eigenvalue weighted by atomic mass is 9.97. The summed E-state index contributed by atoms with van der Waals surface area (Å²) in [5.74, 6) is -3.13. The van der Waals surface area contributed by atoms with Gasteiger partial charge in [-0.3, -0.25) is 5.41 Å². The largest absolute Gasteiger partial charge is 0.459 e. The predicted molar refractivity (Wildman–Crippen MR) is 166 cm³/mol. The Balaban J connectivity index is 1.72. The van der Waals surface area contributed by atoms with E-state index in [1.807, 2.05) is 0 Å². The lowest BCUT2D eigenvalue weighted by Crippen LogP contribution is -2.63. The Morgan fingerprint density at radius 1 is 0.733 bits per heavy atom. The molecule has 0 saturated carbocycles. The molecular formula is C32H28Cl3NO9. The van der Waals surface area contributed by atoms with E-state index in [1.54, 1.807) is 66.7 Å². The van der Waals surface area contributed by atoms with Crippen molar-refractivity contribution in [3.05, 3.63) is 120 Å². The minimum Gasteiger partial charge on any atom is -0.459 e. The first-order chi connectivity index (χ1) is 21.6. The third-order valence-electron chi connectivity index (χ3n) is 6.38. The van der Waals surface area contributed by atoms with Crippen LogP contribution in [0.15, 0.2) is 104 Å². The predicted octanol–water partition coefficient (Wildman–Crippen LogP) is 5.95. The summed E-state index contributed by atoms with van der Waals surface area (Å²) in [6, 6.07) is 24.3. The highest BCUT2D eigenvalue weighted by atomic mass is 35.6. The van der Waals surface area contributed by atoms with Crippen LogP contribution in [0.4, 0.5) is 0 Å². The Labute approximate surface area is 274 Å². The van der Waals surface area contributed by atoms with Gasteiger partial charge in [0, 0.05) is 0 Å². The molecule has 0 aromatic heterocycles. The normalized spacial score (nSPS) is 21.2. The van der Waals surface area contributed by atoms with Crippen LogP contribution in [0.1, 0.15) is 31.1 Å². The molecule has 3 aromatic rings. The van der Waals surface area contributed by atoms with Crippen molar-refractivity contribution in [3.63, 3.8) is 0 Å². The smallest absolute Gasteiger partial charge is 0.338 e. The van der Waals surface area contributed by atoms with E-state index >= 15 is 0 Å². The van der Waals surface area contributed by atoms with E-state index in [4.69, 9.17) is 68.6 Å². The topological polar surface area (TPSA) is 130 Å². The SMILES string of the molecule is C=CCO[C@H]1[C@@H](OC(=O)c2ccccc2)[C@@H](COC(=O)c2ccccc2)OC(OC(=N)C(Cl)(Cl)Cl)[C@@H]1OC(=O)c1ccccc1. The number of ether oxygens (including phenoxy) is 6. The molecule has 1 saturated heterocycles. The molecule has 45 heavy (non-hydrogen) atoms. The van der Waals surface area contributed by atoms with Crippen molar-refractivity contribution >= 4 is 58.6 Å². The van der Waals surface area contributed by atoms with Gasteiger partial charge in [-0.15, -0.1) is 6.58 Å². The average molecular weight is 677 g/mol. The molecule has 0 amide bonds. The van der Waals surface area contributed by atoms with Crippen molar-refractivity contribution < 1.29 is 42.8 Å². The Morgan fingerprint density at radius 2 is 1.20 bits per heavy atom. The summed E-state index contributed by atoms with van der Waals surface area (Å²) < 4.78 is 32.5. The van der Waals surface area contributed by atoms with Crippen molar-refractivity contribution in [2.75, 3.05) is 13.2 Å². The molecule has 1 unspecified atom stereocenters. The summed E-state index contributed by atoms with van der Waals surface area (Å²) in [4.78, 5) is 39.4. The minimum atomic E-state index is -2.32. The summed E-state index contributed by atoms with van der Waals surface area (Å²) in [6.45, 7) is 3.09. The van der Waals surface area contributed by atoms with Gasteiger partial charge in [0.2, 0.25) is 12.2 Å². The second-order valence-corrected chi connectivity index (χ2v) is 11.8. The summed E-state index contributed by atoms with van der Waals surface area (Å²) in [5, 5.41) is 8.17. The number of hydrogen-bond donors (Lipinski definition) is 1. The van der Waals surface area contributed by atoms with Crippen LogP contribution in [0.2, 0.25) is 0 Å². The lowest BCUT2D eigenvalue weighted by Gasteiger charge is -2.44. The number of hydrogen-bond acceptors (Lipinski definition) is 10. The van der Waals surface area contributed by atoms with Crippen molar-refractivity contribution in [2.24, 2.45) is 0 Å². The molecule has 1 N–H and O–H groups in total. The van der Waals surface area contributed by atoms with Gasteiger partial charge in [0.1, 0.15) is 18.8 Å². The zero-order chi connectivity index (χ0) is 32.4. The van der Waals surface area contributed by atoms with Crippen molar-refractivity contribution in [2.45, 2.75) is 34.5 Å². The fourth-order valence-corrected chi connectivity index (χ4v) is 4.41. The van der Waals surface area contributed by atoms with E-state index < -0.39 is 64.9 Å². The number of nitrogens with one attached hydrogen (secondary N) is 1. The maximum atomic E-state index is 13.3. The fraction of sp³-hybridized carbons (Fsp3) is 0.250. The molecule has 0 aliphatic carbocycles. The van der Waals surface area contributed by atoms with Gasteiger partial charge in [0.05, 0.1) is 23.3 Å². The van der Waals surface area contributed by atoms with Gasteiger partial charge in [-0.2, -0.15) is 0 Å². The zero-order valence-electron chi connectivity index (χ0n) is 23.6. The maximum Gasteiger partial charge on any atom is 0.338 e.